The number of nitrogens with zero attached hydrogens (tertiary/aromatic N) is 1. The molecule has 90 valence electrons. The number of hydrogen-bond donors (Lipinski definition) is 3. The lowest BCUT2D eigenvalue weighted by atomic mass is 10.2. The van der Waals surface area contributed by atoms with Crippen LogP contribution in [-0.4, -0.2) is 29.3 Å². The summed E-state index contributed by atoms with van der Waals surface area (Å²) in [5.74, 6) is -0.309. The third-order valence-electron chi connectivity index (χ3n) is 2.34. The van der Waals surface area contributed by atoms with Crippen LogP contribution in [0.2, 0.25) is 0 Å². The van der Waals surface area contributed by atoms with Crippen LogP contribution in [0.4, 0.5) is 11.4 Å². The lowest BCUT2D eigenvalue weighted by Gasteiger charge is -2.08. The van der Waals surface area contributed by atoms with E-state index in [1.165, 1.54) is 0 Å². The van der Waals surface area contributed by atoms with E-state index in [2.05, 4.69) is 15.5 Å². The van der Waals surface area contributed by atoms with Gasteiger partial charge in [-0.1, -0.05) is 0 Å². The van der Waals surface area contributed by atoms with Gasteiger partial charge in [0.2, 0.25) is 0 Å². The molecule has 4 N–H and O–H groups in total. The second kappa shape index (κ2) is 4.73. The molecule has 0 atom stereocenters. The van der Waals surface area contributed by atoms with Crippen LogP contribution in [0.1, 0.15) is 6.92 Å². The van der Waals surface area contributed by atoms with Crippen molar-refractivity contribution in [3.63, 3.8) is 0 Å². The Labute approximate surface area is 98.1 Å². The number of benzene rings is 1. The molecule has 0 aliphatic rings. The molecule has 1 heterocycles. The number of aromatic nitrogens is 2. The fraction of sp³-hybridized carbons (Fsp3) is 0.273. The van der Waals surface area contributed by atoms with Crippen molar-refractivity contribution < 1.29 is 9.53 Å². The van der Waals surface area contributed by atoms with E-state index in [0.717, 1.165) is 10.9 Å². The molecule has 0 aliphatic carbocycles. The molecular formula is C11H14N4O2. The maximum atomic E-state index is 11.2. The van der Waals surface area contributed by atoms with E-state index >= 15 is 0 Å². The molecule has 0 aliphatic heterocycles. The summed E-state index contributed by atoms with van der Waals surface area (Å²) in [5, 5.41) is 10.6. The number of rotatable bonds is 4. The number of anilines is 2. The standard InChI is InChI=1S/C11H14N4O2/c1-2-17-11(16)6-13-10-4-9-7(3-8(10)12)5-14-15-9/h3-5,13H,2,6,12H2,1H3,(H,14,15). The normalized spacial score (nSPS) is 10.4. The summed E-state index contributed by atoms with van der Waals surface area (Å²) in [4.78, 5) is 11.2. The highest BCUT2D eigenvalue weighted by Crippen LogP contribution is 2.24. The fourth-order valence-corrected chi connectivity index (χ4v) is 1.54. The second-order valence-electron chi connectivity index (χ2n) is 3.56. The van der Waals surface area contributed by atoms with Gasteiger partial charge in [0.25, 0.3) is 0 Å². The number of fused-ring (bicyclic) bond motifs is 1. The lowest BCUT2D eigenvalue weighted by Crippen LogP contribution is -2.17. The molecule has 6 nitrogen and oxygen atoms in total. The Morgan fingerprint density at radius 3 is 3.18 bits per heavy atom. The maximum absolute atomic E-state index is 11.2. The van der Waals surface area contributed by atoms with Gasteiger partial charge in [0.05, 0.1) is 29.7 Å². The van der Waals surface area contributed by atoms with Crippen LogP contribution in [0.3, 0.4) is 0 Å². The topological polar surface area (TPSA) is 93.0 Å². The number of aromatic amines is 1. The van der Waals surface area contributed by atoms with Crippen LogP contribution < -0.4 is 11.1 Å². The Kier molecular flexibility index (Phi) is 3.13. The highest BCUT2D eigenvalue weighted by atomic mass is 16.5. The largest absolute Gasteiger partial charge is 0.465 e. The Morgan fingerprint density at radius 1 is 1.59 bits per heavy atom. The number of carbonyl (C=O) groups excluding carboxylic acids is 1. The zero-order chi connectivity index (χ0) is 12.3. The Hall–Kier alpha value is -2.24. The predicted octanol–water partition coefficient (Wildman–Crippen LogP) is 1.12. The highest BCUT2D eigenvalue weighted by molar-refractivity contribution is 5.89. The number of nitrogens with one attached hydrogen (secondary N) is 2. The molecule has 0 bridgehead atoms. The third-order valence-corrected chi connectivity index (χ3v) is 2.34. The molecule has 1 aromatic heterocycles. The van der Waals surface area contributed by atoms with Crippen molar-refractivity contribution in [1.29, 1.82) is 0 Å². The third kappa shape index (κ3) is 2.47. The van der Waals surface area contributed by atoms with Crippen molar-refractivity contribution in [2.75, 3.05) is 24.2 Å². The molecule has 17 heavy (non-hydrogen) atoms. The number of carbonyl (C=O) groups is 1. The first-order valence-corrected chi connectivity index (χ1v) is 5.32. The first-order valence-electron chi connectivity index (χ1n) is 5.32. The number of ether oxygens (including phenoxy) is 1. The molecule has 0 spiro atoms. The first kappa shape index (κ1) is 11.3. The number of esters is 1. The summed E-state index contributed by atoms with van der Waals surface area (Å²) in [6.07, 6.45) is 1.70. The van der Waals surface area contributed by atoms with Crippen LogP contribution in [0, 0.1) is 0 Å². The quantitative estimate of drug-likeness (QED) is 0.544. The van der Waals surface area contributed by atoms with Gasteiger partial charge in [0.1, 0.15) is 6.54 Å². The second-order valence-corrected chi connectivity index (χ2v) is 3.56. The minimum atomic E-state index is -0.309. The van der Waals surface area contributed by atoms with Crippen LogP contribution in [0.5, 0.6) is 0 Å². The summed E-state index contributed by atoms with van der Waals surface area (Å²) in [5.41, 5.74) is 7.98. The van der Waals surface area contributed by atoms with Crippen LogP contribution in [-0.2, 0) is 9.53 Å². The smallest absolute Gasteiger partial charge is 0.325 e. The Morgan fingerprint density at radius 2 is 2.41 bits per heavy atom. The fourth-order valence-electron chi connectivity index (χ4n) is 1.54. The SMILES string of the molecule is CCOC(=O)CNc1cc2[nH]ncc2cc1N. The van der Waals surface area contributed by atoms with Crippen molar-refractivity contribution in [3.05, 3.63) is 18.3 Å². The van der Waals surface area contributed by atoms with Gasteiger partial charge in [-0.2, -0.15) is 5.10 Å². The van der Waals surface area contributed by atoms with Gasteiger partial charge in [0, 0.05) is 5.39 Å². The lowest BCUT2D eigenvalue weighted by molar-refractivity contribution is -0.140. The molecule has 0 saturated carbocycles. The van der Waals surface area contributed by atoms with E-state index in [1.807, 2.05) is 6.07 Å². The van der Waals surface area contributed by atoms with Crippen LogP contribution in [0.25, 0.3) is 10.9 Å². The van der Waals surface area contributed by atoms with E-state index in [0.29, 0.717) is 18.0 Å². The highest BCUT2D eigenvalue weighted by Gasteiger charge is 2.06. The van der Waals surface area contributed by atoms with E-state index in [4.69, 9.17) is 10.5 Å². The zero-order valence-electron chi connectivity index (χ0n) is 9.49. The van der Waals surface area contributed by atoms with E-state index in [9.17, 15) is 4.79 Å². The molecule has 0 saturated heterocycles. The maximum Gasteiger partial charge on any atom is 0.325 e. The molecule has 2 rings (SSSR count). The van der Waals surface area contributed by atoms with Gasteiger partial charge >= 0.3 is 5.97 Å². The molecular weight excluding hydrogens is 220 g/mol. The number of nitrogens with two attached hydrogens (primary N) is 1. The Bertz CT molecular complexity index is 535. The zero-order valence-corrected chi connectivity index (χ0v) is 9.49. The Balaban J connectivity index is 2.12. The van der Waals surface area contributed by atoms with Gasteiger partial charge in [0.15, 0.2) is 0 Å². The minimum absolute atomic E-state index is 0.0949. The summed E-state index contributed by atoms with van der Waals surface area (Å²) in [6, 6.07) is 3.61. The number of hydrogen-bond acceptors (Lipinski definition) is 5. The first-order chi connectivity index (χ1) is 8.20. The molecule has 0 fully saturated rings. The van der Waals surface area contributed by atoms with Crippen molar-refractivity contribution in [2.24, 2.45) is 0 Å². The van der Waals surface area contributed by atoms with Crippen molar-refractivity contribution >= 4 is 28.2 Å². The van der Waals surface area contributed by atoms with Crippen LogP contribution >= 0.6 is 0 Å². The van der Waals surface area contributed by atoms with E-state index in [1.54, 1.807) is 19.2 Å². The average molecular weight is 234 g/mol. The van der Waals surface area contributed by atoms with Gasteiger partial charge in [-0.25, -0.2) is 0 Å². The van der Waals surface area contributed by atoms with Gasteiger partial charge in [-0.3, -0.25) is 9.89 Å². The number of H-pyrrole nitrogens is 1. The summed E-state index contributed by atoms with van der Waals surface area (Å²) in [6.45, 7) is 2.23. The monoisotopic (exact) mass is 234 g/mol. The molecule has 1 aromatic carbocycles. The predicted molar refractivity (Wildman–Crippen MR) is 65.6 cm³/mol. The molecule has 0 radical (unpaired) electrons. The summed E-state index contributed by atoms with van der Waals surface area (Å²) < 4.78 is 4.81. The van der Waals surface area contributed by atoms with Crippen molar-refractivity contribution in [2.45, 2.75) is 6.92 Å². The van der Waals surface area contributed by atoms with Gasteiger partial charge < -0.3 is 15.8 Å². The molecule has 2 aromatic rings. The minimum Gasteiger partial charge on any atom is -0.465 e. The molecule has 0 unspecified atom stereocenters. The van der Waals surface area contributed by atoms with Crippen molar-refractivity contribution in [3.8, 4) is 0 Å². The van der Waals surface area contributed by atoms with Gasteiger partial charge in [-0.05, 0) is 19.1 Å². The summed E-state index contributed by atoms with van der Waals surface area (Å²) in [7, 11) is 0. The van der Waals surface area contributed by atoms with E-state index in [-0.39, 0.29) is 12.5 Å². The van der Waals surface area contributed by atoms with Crippen molar-refractivity contribution in [1.82, 2.24) is 10.2 Å². The summed E-state index contributed by atoms with van der Waals surface area (Å²) >= 11 is 0. The molecule has 0 amide bonds. The average Bonchev–Trinajstić information content (AvgIpc) is 2.73. The number of nitrogen functional groups attached to an aromatic ring is 1. The van der Waals surface area contributed by atoms with Gasteiger partial charge in [-0.15, -0.1) is 0 Å². The van der Waals surface area contributed by atoms with E-state index < -0.39 is 0 Å². The molecule has 6 heteroatoms. The van der Waals surface area contributed by atoms with Crippen LogP contribution in [0.15, 0.2) is 18.3 Å².